The molecule has 1 aromatic carbocycles. The van der Waals surface area contributed by atoms with Crippen LogP contribution in [0.25, 0.3) is 10.9 Å². The van der Waals surface area contributed by atoms with Gasteiger partial charge in [-0.3, -0.25) is 9.88 Å². The minimum absolute atomic E-state index is 0.598. The lowest BCUT2D eigenvalue weighted by Gasteiger charge is -2.27. The summed E-state index contributed by atoms with van der Waals surface area (Å²) in [5.41, 5.74) is 9.11. The Bertz CT molecular complexity index is 571. The molecule has 0 bridgehead atoms. The highest BCUT2D eigenvalue weighted by atomic mass is 32.2. The number of aromatic nitrogens is 1. The van der Waals surface area contributed by atoms with Gasteiger partial charge in [0.05, 0.1) is 5.52 Å². The van der Waals surface area contributed by atoms with Crippen LogP contribution in [-0.2, 0) is 6.54 Å². The third kappa shape index (κ3) is 3.25. The molecule has 20 heavy (non-hydrogen) atoms. The average molecular weight is 289 g/mol. The Hall–Kier alpha value is -1.26. The van der Waals surface area contributed by atoms with Crippen molar-refractivity contribution in [3.63, 3.8) is 0 Å². The van der Waals surface area contributed by atoms with Crippen molar-refractivity contribution in [2.45, 2.75) is 25.9 Å². The molecule has 0 aliphatic carbocycles. The molecule has 1 atom stereocenters. The quantitative estimate of drug-likeness (QED) is 0.828. The Morgan fingerprint density at radius 1 is 1.35 bits per heavy atom. The highest BCUT2D eigenvalue weighted by molar-refractivity contribution is 7.98. The van der Waals surface area contributed by atoms with Crippen molar-refractivity contribution in [3.8, 4) is 0 Å². The highest BCUT2D eigenvalue weighted by Gasteiger charge is 2.14. The van der Waals surface area contributed by atoms with Crippen molar-refractivity contribution in [1.82, 2.24) is 9.88 Å². The minimum atomic E-state index is 0.598. The molecule has 0 aliphatic rings. The van der Waals surface area contributed by atoms with E-state index in [9.17, 15) is 0 Å². The normalized spacial score (nSPS) is 13.0. The molecule has 1 aromatic heterocycles. The number of fused-ring (bicyclic) bond motifs is 1. The van der Waals surface area contributed by atoms with Crippen LogP contribution >= 0.6 is 11.8 Å². The molecule has 2 aromatic rings. The predicted molar refractivity (Wildman–Crippen MR) is 90.1 cm³/mol. The van der Waals surface area contributed by atoms with Crippen molar-refractivity contribution in [2.75, 3.05) is 24.8 Å². The number of rotatable bonds is 6. The van der Waals surface area contributed by atoms with Gasteiger partial charge in [0.1, 0.15) is 0 Å². The first-order valence-corrected chi connectivity index (χ1v) is 8.38. The number of anilines is 1. The maximum absolute atomic E-state index is 6.03. The topological polar surface area (TPSA) is 42.1 Å². The summed E-state index contributed by atoms with van der Waals surface area (Å²) >= 11 is 1.90. The lowest BCUT2D eigenvalue weighted by atomic mass is 10.1. The van der Waals surface area contributed by atoms with Gasteiger partial charge in [-0.15, -0.1) is 0 Å². The van der Waals surface area contributed by atoms with E-state index in [1.54, 1.807) is 0 Å². The van der Waals surface area contributed by atoms with E-state index in [1.807, 2.05) is 36.2 Å². The predicted octanol–water partition coefficient (Wildman–Crippen LogP) is 3.39. The maximum atomic E-state index is 6.03. The molecule has 0 spiro atoms. The fraction of sp³-hybridized carbons (Fsp3) is 0.438. The Morgan fingerprint density at radius 3 is 2.85 bits per heavy atom. The largest absolute Gasteiger partial charge is 0.398 e. The molecule has 1 heterocycles. The minimum Gasteiger partial charge on any atom is -0.398 e. The Balaban J connectivity index is 2.27. The lowest BCUT2D eigenvalue weighted by Crippen LogP contribution is -2.32. The zero-order chi connectivity index (χ0) is 14.5. The molecule has 0 saturated carbocycles. The summed E-state index contributed by atoms with van der Waals surface area (Å²) in [7, 11) is 2.19. The molecule has 0 saturated heterocycles. The second-order valence-corrected chi connectivity index (χ2v) is 6.06. The van der Waals surface area contributed by atoms with E-state index in [2.05, 4.69) is 36.2 Å². The molecule has 0 fully saturated rings. The second kappa shape index (κ2) is 6.95. The van der Waals surface area contributed by atoms with E-state index in [0.717, 1.165) is 35.3 Å². The number of hydrogen-bond donors (Lipinski definition) is 1. The summed E-state index contributed by atoms with van der Waals surface area (Å²) < 4.78 is 0. The van der Waals surface area contributed by atoms with Crippen molar-refractivity contribution < 1.29 is 0 Å². The zero-order valence-electron chi connectivity index (χ0n) is 12.5. The van der Waals surface area contributed by atoms with Crippen LogP contribution in [0.5, 0.6) is 0 Å². The number of nitrogens with zero attached hydrogens (tertiary/aromatic N) is 2. The van der Waals surface area contributed by atoms with Crippen LogP contribution in [0.4, 0.5) is 5.69 Å². The fourth-order valence-corrected chi connectivity index (χ4v) is 3.40. The molecule has 2 N–H and O–H groups in total. The van der Waals surface area contributed by atoms with Gasteiger partial charge in [-0.2, -0.15) is 11.8 Å². The first-order valence-electron chi connectivity index (χ1n) is 6.98. The van der Waals surface area contributed by atoms with Crippen LogP contribution in [0, 0.1) is 0 Å². The smallest absolute Gasteiger partial charge is 0.0767 e. The zero-order valence-corrected chi connectivity index (χ0v) is 13.3. The van der Waals surface area contributed by atoms with Crippen molar-refractivity contribution in [3.05, 3.63) is 36.0 Å². The summed E-state index contributed by atoms with van der Waals surface area (Å²) in [5, 5.41) is 1.05. The second-order valence-electron chi connectivity index (χ2n) is 5.15. The molecule has 0 amide bonds. The summed E-state index contributed by atoms with van der Waals surface area (Å²) in [5.74, 6) is 1.16. The molecule has 4 heteroatoms. The number of thioether (sulfide) groups is 1. The first-order chi connectivity index (χ1) is 9.67. The van der Waals surface area contributed by atoms with Gasteiger partial charge in [0, 0.05) is 35.6 Å². The van der Waals surface area contributed by atoms with Crippen molar-refractivity contribution in [1.29, 1.82) is 0 Å². The number of nitrogens with two attached hydrogens (primary N) is 1. The maximum Gasteiger partial charge on any atom is 0.0767 e. The average Bonchev–Trinajstić information content (AvgIpc) is 2.48. The van der Waals surface area contributed by atoms with E-state index in [4.69, 9.17) is 5.73 Å². The lowest BCUT2D eigenvalue weighted by molar-refractivity contribution is 0.248. The summed E-state index contributed by atoms with van der Waals surface area (Å²) in [4.78, 5) is 6.93. The number of pyridine rings is 1. The number of nitrogen functional groups attached to an aromatic ring is 1. The first kappa shape index (κ1) is 15.1. The molecule has 0 aliphatic heterocycles. The van der Waals surface area contributed by atoms with E-state index in [0.29, 0.717) is 6.04 Å². The van der Waals surface area contributed by atoms with Gasteiger partial charge in [-0.05, 0) is 43.5 Å². The summed E-state index contributed by atoms with van der Waals surface area (Å²) in [6.45, 7) is 3.16. The monoisotopic (exact) mass is 289 g/mol. The van der Waals surface area contributed by atoms with Crippen molar-refractivity contribution >= 4 is 28.4 Å². The standard InChI is InChI=1S/C16H23N3S/c1-4-13(11-20-3)19(2)10-12-7-8-15(17)14-6-5-9-18-16(12)14/h5-9,13H,4,10-11,17H2,1-3H3. The summed E-state index contributed by atoms with van der Waals surface area (Å²) in [6, 6.07) is 8.67. The highest BCUT2D eigenvalue weighted by Crippen LogP contribution is 2.24. The van der Waals surface area contributed by atoms with Gasteiger partial charge in [0.25, 0.3) is 0 Å². The Morgan fingerprint density at radius 2 is 2.15 bits per heavy atom. The van der Waals surface area contributed by atoms with Gasteiger partial charge < -0.3 is 5.73 Å². The third-order valence-electron chi connectivity index (χ3n) is 3.76. The van der Waals surface area contributed by atoms with E-state index in [-0.39, 0.29) is 0 Å². The van der Waals surface area contributed by atoms with Gasteiger partial charge >= 0.3 is 0 Å². The van der Waals surface area contributed by atoms with E-state index < -0.39 is 0 Å². The van der Waals surface area contributed by atoms with Crippen LogP contribution in [0.3, 0.4) is 0 Å². The molecular weight excluding hydrogens is 266 g/mol. The molecule has 0 radical (unpaired) electrons. The fourth-order valence-electron chi connectivity index (χ4n) is 2.53. The van der Waals surface area contributed by atoms with Crippen LogP contribution in [-0.4, -0.2) is 35.0 Å². The molecular formula is C16H23N3S. The van der Waals surface area contributed by atoms with E-state index in [1.165, 1.54) is 5.56 Å². The Kier molecular flexibility index (Phi) is 5.26. The molecule has 108 valence electrons. The molecule has 1 unspecified atom stereocenters. The molecule has 2 rings (SSSR count). The number of benzene rings is 1. The van der Waals surface area contributed by atoms with E-state index >= 15 is 0 Å². The molecule has 3 nitrogen and oxygen atoms in total. The third-order valence-corrected chi connectivity index (χ3v) is 4.48. The van der Waals surface area contributed by atoms with Gasteiger partial charge in [0.2, 0.25) is 0 Å². The van der Waals surface area contributed by atoms with Crippen LogP contribution in [0.2, 0.25) is 0 Å². The van der Waals surface area contributed by atoms with Gasteiger partial charge in [0.15, 0.2) is 0 Å². The number of hydrogen-bond acceptors (Lipinski definition) is 4. The van der Waals surface area contributed by atoms with Crippen molar-refractivity contribution in [2.24, 2.45) is 0 Å². The van der Waals surface area contributed by atoms with Crippen LogP contribution < -0.4 is 5.73 Å². The van der Waals surface area contributed by atoms with Crippen LogP contribution in [0.15, 0.2) is 30.5 Å². The Labute approximate surface area is 125 Å². The van der Waals surface area contributed by atoms with Gasteiger partial charge in [-0.1, -0.05) is 13.0 Å². The summed E-state index contributed by atoms with van der Waals surface area (Å²) in [6.07, 6.45) is 5.17. The van der Waals surface area contributed by atoms with Crippen LogP contribution in [0.1, 0.15) is 18.9 Å². The van der Waals surface area contributed by atoms with Gasteiger partial charge in [-0.25, -0.2) is 0 Å². The SMILES string of the molecule is CCC(CSC)N(C)Cc1ccc(N)c2cccnc12.